The zero-order valence-corrected chi connectivity index (χ0v) is 12.4. The van der Waals surface area contributed by atoms with Crippen LogP contribution in [0.2, 0.25) is 0 Å². The minimum atomic E-state index is 0.172. The minimum absolute atomic E-state index is 0.172. The molecule has 0 bridgehead atoms. The second-order valence-corrected chi connectivity index (χ2v) is 5.47. The zero-order chi connectivity index (χ0) is 12.3. The summed E-state index contributed by atoms with van der Waals surface area (Å²) in [6.07, 6.45) is 0.172. The van der Waals surface area contributed by atoms with E-state index in [0.29, 0.717) is 11.1 Å². The van der Waals surface area contributed by atoms with Crippen molar-refractivity contribution in [1.82, 2.24) is 10.2 Å². The van der Waals surface area contributed by atoms with Crippen molar-refractivity contribution < 1.29 is 9.15 Å². The SMILES string of the molecule is CC(C)Oc1ccc(-c2nnc(SI)o2)cc1. The molecule has 2 rings (SSSR count). The van der Waals surface area contributed by atoms with Crippen molar-refractivity contribution >= 4 is 30.1 Å². The molecule has 6 heteroatoms. The van der Waals surface area contributed by atoms with Gasteiger partial charge in [-0.15, -0.1) is 10.2 Å². The average molecular weight is 362 g/mol. The van der Waals surface area contributed by atoms with Crippen molar-refractivity contribution in [2.45, 2.75) is 25.2 Å². The van der Waals surface area contributed by atoms with Crippen LogP contribution in [0.1, 0.15) is 13.8 Å². The molecule has 0 N–H and O–H groups in total. The summed E-state index contributed by atoms with van der Waals surface area (Å²) in [7, 11) is 1.40. The van der Waals surface area contributed by atoms with Gasteiger partial charge in [-0.2, -0.15) is 0 Å². The number of ether oxygens (including phenoxy) is 1. The Balaban J connectivity index is 2.17. The molecule has 1 aromatic heterocycles. The quantitative estimate of drug-likeness (QED) is 0.771. The third kappa shape index (κ3) is 3.35. The Morgan fingerprint density at radius 2 is 1.94 bits per heavy atom. The van der Waals surface area contributed by atoms with Gasteiger partial charge in [0.2, 0.25) is 5.89 Å². The van der Waals surface area contributed by atoms with Crippen molar-refractivity contribution in [3.05, 3.63) is 24.3 Å². The van der Waals surface area contributed by atoms with Crippen molar-refractivity contribution in [2.24, 2.45) is 0 Å². The number of hydrogen-bond acceptors (Lipinski definition) is 5. The van der Waals surface area contributed by atoms with Crippen LogP contribution in [0, 0.1) is 0 Å². The number of rotatable bonds is 4. The highest BCUT2D eigenvalue weighted by Crippen LogP contribution is 2.28. The predicted molar refractivity (Wildman–Crippen MR) is 75.4 cm³/mol. The smallest absolute Gasteiger partial charge is 0.287 e. The van der Waals surface area contributed by atoms with E-state index in [9.17, 15) is 0 Å². The molecule has 90 valence electrons. The van der Waals surface area contributed by atoms with Gasteiger partial charge in [0.05, 0.1) is 6.10 Å². The highest BCUT2D eigenvalue weighted by atomic mass is 127. The maximum Gasteiger partial charge on any atom is 0.287 e. The molecule has 4 nitrogen and oxygen atoms in total. The molecule has 0 amide bonds. The Morgan fingerprint density at radius 1 is 1.24 bits per heavy atom. The molecular weight excluding hydrogens is 351 g/mol. The summed E-state index contributed by atoms with van der Waals surface area (Å²) in [5, 5.41) is 8.41. The Labute approximate surface area is 116 Å². The monoisotopic (exact) mass is 362 g/mol. The highest BCUT2D eigenvalue weighted by molar-refractivity contribution is 14.2. The normalized spacial score (nSPS) is 10.8. The molecule has 0 aliphatic carbocycles. The van der Waals surface area contributed by atoms with Crippen LogP contribution in [0.25, 0.3) is 11.5 Å². The topological polar surface area (TPSA) is 48.2 Å². The van der Waals surface area contributed by atoms with Crippen molar-refractivity contribution in [3.8, 4) is 17.2 Å². The maximum atomic E-state index is 5.56. The van der Waals surface area contributed by atoms with E-state index < -0.39 is 0 Å². The number of nitrogens with zero attached hydrogens (tertiary/aromatic N) is 2. The summed E-state index contributed by atoms with van der Waals surface area (Å²) in [5.41, 5.74) is 0.894. The zero-order valence-electron chi connectivity index (χ0n) is 9.38. The van der Waals surface area contributed by atoms with Gasteiger partial charge in [0.1, 0.15) is 5.75 Å². The standard InChI is InChI=1S/C11H11IN2O2S/c1-7(2)15-9-5-3-8(4-6-9)10-13-14-11(16-10)17-12/h3-7H,1-2H3. The fourth-order valence-electron chi connectivity index (χ4n) is 1.31. The molecule has 1 aromatic carbocycles. The van der Waals surface area contributed by atoms with Crippen LogP contribution < -0.4 is 4.74 Å². The molecular formula is C11H11IN2O2S. The molecule has 1 heterocycles. The first-order valence-corrected chi connectivity index (χ1v) is 8.44. The molecule has 0 unspecified atom stereocenters. The van der Waals surface area contributed by atoms with Gasteiger partial charge in [-0.1, -0.05) is 0 Å². The summed E-state index contributed by atoms with van der Waals surface area (Å²) in [5.74, 6) is 1.37. The summed E-state index contributed by atoms with van der Waals surface area (Å²) in [6.45, 7) is 3.99. The van der Waals surface area contributed by atoms with E-state index >= 15 is 0 Å². The largest absolute Gasteiger partial charge is 0.491 e. The third-order valence-electron chi connectivity index (χ3n) is 1.95. The van der Waals surface area contributed by atoms with Gasteiger partial charge in [0, 0.05) is 35.7 Å². The molecule has 0 spiro atoms. The molecule has 0 saturated carbocycles. The van der Waals surface area contributed by atoms with E-state index in [-0.39, 0.29) is 6.10 Å². The first kappa shape index (κ1) is 12.7. The number of benzene rings is 1. The highest BCUT2D eigenvalue weighted by Gasteiger charge is 2.08. The Bertz CT molecular complexity index is 484. The molecule has 2 aromatic rings. The summed E-state index contributed by atoms with van der Waals surface area (Å²) < 4.78 is 11.0. The van der Waals surface area contributed by atoms with E-state index in [1.54, 1.807) is 0 Å². The van der Waals surface area contributed by atoms with Gasteiger partial charge in [-0.3, -0.25) is 0 Å². The second-order valence-electron chi connectivity index (χ2n) is 3.64. The summed E-state index contributed by atoms with van der Waals surface area (Å²) in [6, 6.07) is 7.62. The second kappa shape index (κ2) is 5.72. The summed E-state index contributed by atoms with van der Waals surface area (Å²) in [4.78, 5) is 0. The Kier molecular flexibility index (Phi) is 4.27. The molecule has 0 atom stereocenters. The van der Waals surface area contributed by atoms with Crippen LogP contribution in [0.4, 0.5) is 0 Å². The van der Waals surface area contributed by atoms with Gasteiger partial charge in [0.25, 0.3) is 5.22 Å². The van der Waals surface area contributed by atoms with Crippen LogP contribution >= 0.6 is 30.1 Å². The Morgan fingerprint density at radius 3 is 2.47 bits per heavy atom. The van der Waals surface area contributed by atoms with E-state index in [2.05, 4.69) is 31.4 Å². The van der Waals surface area contributed by atoms with Crippen molar-refractivity contribution in [2.75, 3.05) is 0 Å². The lowest BCUT2D eigenvalue weighted by atomic mass is 10.2. The first-order valence-electron chi connectivity index (χ1n) is 5.08. The number of halogens is 1. The fourth-order valence-corrected chi connectivity index (χ4v) is 2.02. The van der Waals surface area contributed by atoms with Gasteiger partial charge in [-0.05, 0) is 38.1 Å². The summed E-state index contributed by atoms with van der Waals surface area (Å²) >= 11 is 2.10. The molecule has 17 heavy (non-hydrogen) atoms. The minimum Gasteiger partial charge on any atom is -0.491 e. The van der Waals surface area contributed by atoms with Crippen molar-refractivity contribution in [3.63, 3.8) is 0 Å². The molecule has 0 radical (unpaired) electrons. The molecule has 0 fully saturated rings. The predicted octanol–water partition coefficient (Wildman–Crippen LogP) is 3.97. The lowest BCUT2D eigenvalue weighted by Gasteiger charge is -2.09. The van der Waals surface area contributed by atoms with Gasteiger partial charge in [-0.25, -0.2) is 0 Å². The molecule has 0 saturated heterocycles. The van der Waals surface area contributed by atoms with Crippen LogP contribution in [0.3, 0.4) is 0 Å². The fraction of sp³-hybridized carbons (Fsp3) is 0.273. The van der Waals surface area contributed by atoms with Gasteiger partial charge in [0.15, 0.2) is 0 Å². The lowest BCUT2D eigenvalue weighted by molar-refractivity contribution is 0.242. The van der Waals surface area contributed by atoms with E-state index in [1.165, 1.54) is 8.93 Å². The van der Waals surface area contributed by atoms with E-state index in [1.807, 2.05) is 38.1 Å². The van der Waals surface area contributed by atoms with E-state index in [0.717, 1.165) is 11.3 Å². The maximum absolute atomic E-state index is 5.56. The molecule has 0 aliphatic rings. The van der Waals surface area contributed by atoms with Crippen molar-refractivity contribution in [1.29, 1.82) is 0 Å². The molecule has 0 aliphatic heterocycles. The van der Waals surface area contributed by atoms with Crippen LogP contribution in [0.15, 0.2) is 33.9 Å². The van der Waals surface area contributed by atoms with Crippen LogP contribution in [0.5, 0.6) is 5.75 Å². The Hall–Kier alpha value is -0.760. The lowest BCUT2D eigenvalue weighted by Crippen LogP contribution is -2.05. The first-order chi connectivity index (χ1) is 8.19. The van der Waals surface area contributed by atoms with Gasteiger partial charge >= 0.3 is 0 Å². The third-order valence-corrected chi connectivity index (χ3v) is 3.37. The van der Waals surface area contributed by atoms with Crippen LogP contribution in [-0.4, -0.2) is 16.3 Å². The average Bonchev–Trinajstić information content (AvgIpc) is 2.78. The van der Waals surface area contributed by atoms with E-state index in [4.69, 9.17) is 9.15 Å². The van der Waals surface area contributed by atoms with Gasteiger partial charge < -0.3 is 9.15 Å². The number of hydrogen-bond donors (Lipinski definition) is 0. The van der Waals surface area contributed by atoms with Crippen LogP contribution in [-0.2, 0) is 0 Å². The number of aromatic nitrogens is 2.